The molecule has 5 heteroatoms. The van der Waals surface area contributed by atoms with Crippen molar-refractivity contribution in [2.75, 3.05) is 26.5 Å². The first-order chi connectivity index (χ1) is 13.4. The van der Waals surface area contributed by atoms with Crippen LogP contribution in [0.1, 0.15) is 22.8 Å². The highest BCUT2D eigenvalue weighted by Gasteiger charge is 2.36. The van der Waals surface area contributed by atoms with Gasteiger partial charge in [-0.1, -0.05) is 49.0 Å². The van der Waals surface area contributed by atoms with Crippen LogP contribution in [0.2, 0.25) is 0 Å². The number of likely N-dealkylation sites (N-methyl/N-ethyl adjacent to an activating group) is 1. The molecule has 2 rings (SSSR count). The Morgan fingerprint density at radius 1 is 1.11 bits per heavy atom. The van der Waals surface area contributed by atoms with Crippen molar-refractivity contribution in [3.63, 3.8) is 0 Å². The monoisotopic (exact) mass is 397 g/mol. The summed E-state index contributed by atoms with van der Waals surface area (Å²) in [7, 11) is 3.88. The number of esters is 1. The summed E-state index contributed by atoms with van der Waals surface area (Å²) < 4.78 is 4.97. The minimum absolute atomic E-state index is 0.0952. The summed E-state index contributed by atoms with van der Waals surface area (Å²) in [6.45, 7) is 5.68. The minimum Gasteiger partial charge on any atom is -0.462 e. The molecule has 0 N–H and O–H groups in total. The fourth-order valence-electron chi connectivity index (χ4n) is 2.81. The number of thioether (sulfide) groups is 1. The first-order valence-corrected chi connectivity index (χ1v) is 10.1. The number of ketones is 1. The van der Waals surface area contributed by atoms with E-state index in [1.165, 1.54) is 0 Å². The van der Waals surface area contributed by atoms with Gasteiger partial charge in [0.05, 0.1) is 5.54 Å². The lowest BCUT2D eigenvalue weighted by Crippen LogP contribution is -2.50. The molecule has 148 valence electrons. The second-order valence-electron chi connectivity index (χ2n) is 6.90. The van der Waals surface area contributed by atoms with Crippen molar-refractivity contribution in [1.82, 2.24) is 4.90 Å². The summed E-state index contributed by atoms with van der Waals surface area (Å²) in [6, 6.07) is 17.7. The Labute approximate surface area is 171 Å². The van der Waals surface area contributed by atoms with Gasteiger partial charge in [-0.15, -0.1) is 11.8 Å². The van der Waals surface area contributed by atoms with Crippen LogP contribution in [-0.2, 0) is 16.0 Å². The van der Waals surface area contributed by atoms with E-state index in [2.05, 4.69) is 6.58 Å². The molecule has 0 bridgehead atoms. The first kappa shape index (κ1) is 21.9. The van der Waals surface area contributed by atoms with Crippen LogP contribution in [0, 0.1) is 0 Å². The van der Waals surface area contributed by atoms with Crippen LogP contribution in [0.3, 0.4) is 0 Å². The zero-order chi connectivity index (χ0) is 20.6. The zero-order valence-electron chi connectivity index (χ0n) is 16.7. The van der Waals surface area contributed by atoms with Crippen LogP contribution in [0.5, 0.6) is 0 Å². The summed E-state index contributed by atoms with van der Waals surface area (Å²) in [5.41, 5.74) is 1.19. The molecule has 0 aliphatic rings. The molecule has 1 unspecified atom stereocenters. The molecule has 4 nitrogen and oxygen atoms in total. The van der Waals surface area contributed by atoms with Crippen LogP contribution >= 0.6 is 11.8 Å². The van der Waals surface area contributed by atoms with Gasteiger partial charge in [-0.05, 0) is 45.1 Å². The van der Waals surface area contributed by atoms with Crippen molar-refractivity contribution < 1.29 is 14.3 Å². The Morgan fingerprint density at radius 2 is 1.75 bits per heavy atom. The van der Waals surface area contributed by atoms with Crippen molar-refractivity contribution in [2.45, 2.75) is 23.8 Å². The highest BCUT2D eigenvalue weighted by Crippen LogP contribution is 2.25. The molecule has 0 saturated carbocycles. The zero-order valence-corrected chi connectivity index (χ0v) is 17.5. The van der Waals surface area contributed by atoms with E-state index in [0.717, 1.165) is 16.5 Å². The first-order valence-electron chi connectivity index (χ1n) is 9.15. The molecule has 0 radical (unpaired) electrons. The Bertz CT molecular complexity index is 802. The molecule has 1 atom stereocenters. The Balaban J connectivity index is 2.04. The molecule has 0 aromatic heterocycles. The number of nitrogens with zero attached hydrogens (tertiary/aromatic N) is 1. The maximum absolute atomic E-state index is 13.3. The highest BCUT2D eigenvalue weighted by atomic mass is 32.2. The van der Waals surface area contributed by atoms with Gasteiger partial charge >= 0.3 is 5.97 Å². The van der Waals surface area contributed by atoms with Gasteiger partial charge in [-0.2, -0.15) is 0 Å². The smallest absolute Gasteiger partial charge is 0.330 e. The second kappa shape index (κ2) is 10.2. The summed E-state index contributed by atoms with van der Waals surface area (Å²) in [6.07, 6.45) is 1.80. The molecule has 0 saturated heterocycles. The maximum Gasteiger partial charge on any atom is 0.330 e. The number of rotatable bonds is 10. The third-order valence-corrected chi connectivity index (χ3v) is 5.72. The predicted molar refractivity (Wildman–Crippen MR) is 115 cm³/mol. The quantitative estimate of drug-likeness (QED) is 0.197. The van der Waals surface area contributed by atoms with E-state index in [-0.39, 0.29) is 5.78 Å². The number of Topliss-reactive ketones (excluding diaryl/α,β-unsaturated/α-hetero) is 1. The molecular weight excluding hydrogens is 370 g/mol. The van der Waals surface area contributed by atoms with Gasteiger partial charge in [0.1, 0.15) is 6.61 Å². The second-order valence-corrected chi connectivity index (χ2v) is 8.07. The van der Waals surface area contributed by atoms with Crippen molar-refractivity contribution in [3.8, 4) is 0 Å². The number of ether oxygens (including phenoxy) is 1. The minimum atomic E-state index is -0.630. The van der Waals surface area contributed by atoms with E-state index < -0.39 is 11.5 Å². The third kappa shape index (κ3) is 5.81. The predicted octanol–water partition coefficient (Wildman–Crippen LogP) is 4.25. The molecule has 28 heavy (non-hydrogen) atoms. The summed E-state index contributed by atoms with van der Waals surface area (Å²) >= 11 is 1.58. The standard InChI is InChI=1S/C23H27NO3S/c1-5-21(25)27-15-16-28-20-13-11-19(12-14-20)22(26)23(2,24(3)4)17-18-9-7-6-8-10-18/h5-14H,1,15-17H2,2-4H3. The lowest BCUT2D eigenvalue weighted by molar-refractivity contribution is -0.137. The van der Waals surface area contributed by atoms with Gasteiger partial charge in [0.15, 0.2) is 5.78 Å². The molecule has 0 heterocycles. The van der Waals surface area contributed by atoms with Crippen LogP contribution in [0.15, 0.2) is 72.1 Å². The van der Waals surface area contributed by atoms with Crippen LogP contribution in [-0.4, -0.2) is 48.6 Å². The van der Waals surface area contributed by atoms with Crippen LogP contribution < -0.4 is 0 Å². The highest BCUT2D eigenvalue weighted by molar-refractivity contribution is 7.99. The molecule has 0 amide bonds. The Morgan fingerprint density at radius 3 is 2.32 bits per heavy atom. The topological polar surface area (TPSA) is 46.6 Å². The van der Waals surface area contributed by atoms with Gasteiger partial charge in [0.25, 0.3) is 0 Å². The van der Waals surface area contributed by atoms with Gasteiger partial charge in [0, 0.05) is 22.3 Å². The van der Waals surface area contributed by atoms with Crippen LogP contribution in [0.25, 0.3) is 0 Å². The normalized spacial score (nSPS) is 13.0. The summed E-state index contributed by atoms with van der Waals surface area (Å²) in [5, 5.41) is 0. The largest absolute Gasteiger partial charge is 0.462 e. The van der Waals surface area contributed by atoms with E-state index in [1.807, 2.05) is 80.5 Å². The van der Waals surface area contributed by atoms with E-state index in [0.29, 0.717) is 24.3 Å². The molecule has 2 aromatic rings. The van der Waals surface area contributed by atoms with Crippen molar-refractivity contribution in [2.24, 2.45) is 0 Å². The van der Waals surface area contributed by atoms with Gasteiger partial charge in [-0.25, -0.2) is 4.79 Å². The van der Waals surface area contributed by atoms with E-state index >= 15 is 0 Å². The molecule has 0 aliphatic carbocycles. The molecule has 0 spiro atoms. The third-order valence-electron chi connectivity index (χ3n) is 4.75. The Kier molecular flexibility index (Phi) is 8.03. The average Bonchev–Trinajstić information content (AvgIpc) is 2.71. The fourth-order valence-corrected chi connectivity index (χ4v) is 3.54. The molecular formula is C23H27NO3S. The SMILES string of the molecule is C=CC(=O)OCCSc1ccc(C(=O)C(C)(Cc2ccccc2)N(C)C)cc1. The lowest BCUT2D eigenvalue weighted by atomic mass is 9.84. The summed E-state index contributed by atoms with van der Waals surface area (Å²) in [4.78, 5) is 27.3. The van der Waals surface area contributed by atoms with Gasteiger partial charge in [0.2, 0.25) is 0 Å². The fraction of sp³-hybridized carbons (Fsp3) is 0.304. The number of benzene rings is 2. The van der Waals surface area contributed by atoms with Gasteiger partial charge in [-0.3, -0.25) is 9.69 Å². The average molecular weight is 398 g/mol. The number of hydrogen-bond acceptors (Lipinski definition) is 5. The number of hydrogen-bond donors (Lipinski definition) is 0. The van der Waals surface area contributed by atoms with E-state index in [9.17, 15) is 9.59 Å². The number of carbonyl (C=O) groups excluding carboxylic acids is 2. The van der Waals surface area contributed by atoms with Crippen molar-refractivity contribution >= 4 is 23.5 Å². The molecule has 0 fully saturated rings. The van der Waals surface area contributed by atoms with Crippen LogP contribution in [0.4, 0.5) is 0 Å². The van der Waals surface area contributed by atoms with Crippen molar-refractivity contribution in [3.05, 3.63) is 78.4 Å². The van der Waals surface area contributed by atoms with E-state index in [4.69, 9.17) is 4.74 Å². The van der Waals surface area contributed by atoms with Gasteiger partial charge < -0.3 is 4.74 Å². The summed E-state index contributed by atoms with van der Waals surface area (Å²) in [5.74, 6) is 0.330. The Hall–Kier alpha value is -2.37. The van der Waals surface area contributed by atoms with Crippen molar-refractivity contribution in [1.29, 1.82) is 0 Å². The molecule has 0 aliphatic heterocycles. The maximum atomic E-state index is 13.3. The molecule has 2 aromatic carbocycles. The lowest BCUT2D eigenvalue weighted by Gasteiger charge is -2.35. The number of carbonyl (C=O) groups is 2. The van der Waals surface area contributed by atoms with E-state index in [1.54, 1.807) is 11.8 Å².